The monoisotopic (exact) mass is 304 g/mol. The zero-order valence-electron chi connectivity index (χ0n) is 12.3. The number of hydrogen-bond donors (Lipinski definition) is 3. The highest BCUT2D eigenvalue weighted by molar-refractivity contribution is 6.01. The summed E-state index contributed by atoms with van der Waals surface area (Å²) < 4.78 is 0. The van der Waals surface area contributed by atoms with Crippen LogP contribution in [0.3, 0.4) is 0 Å². The summed E-state index contributed by atoms with van der Waals surface area (Å²) >= 11 is 0. The van der Waals surface area contributed by atoms with E-state index in [2.05, 4.69) is 10.6 Å². The van der Waals surface area contributed by atoms with E-state index in [-0.39, 0.29) is 22.8 Å². The molecule has 2 amide bonds. The summed E-state index contributed by atoms with van der Waals surface area (Å²) in [5, 5.41) is 15.0. The number of carbonyl (C=O) groups is 3. The van der Waals surface area contributed by atoms with E-state index >= 15 is 0 Å². The van der Waals surface area contributed by atoms with E-state index in [0.717, 1.165) is 25.7 Å². The zero-order valence-corrected chi connectivity index (χ0v) is 12.3. The Hall–Kier alpha value is -2.37. The lowest BCUT2D eigenvalue weighted by molar-refractivity contribution is -0.121. The molecule has 2 rings (SSSR count). The molecule has 1 atom stereocenters. The number of aromatic hydroxyl groups is 1. The van der Waals surface area contributed by atoms with Gasteiger partial charge in [0.25, 0.3) is 5.91 Å². The van der Waals surface area contributed by atoms with E-state index in [9.17, 15) is 19.5 Å². The first-order valence-electron chi connectivity index (χ1n) is 7.49. The molecule has 1 aliphatic carbocycles. The standard InChI is InChI=1S/C16H20N2O4/c19-10-17-13-8-5-6-11(15(13)21)16(22)18-12-7-3-1-2-4-9-14(12)20/h5-6,8,10,12,21H,1-4,7,9H2,(H,17,19)(H,18,22). The largest absolute Gasteiger partial charge is 0.505 e. The van der Waals surface area contributed by atoms with E-state index in [1.807, 2.05) is 0 Å². The molecule has 6 nitrogen and oxygen atoms in total. The Balaban J connectivity index is 2.12. The molecule has 0 bridgehead atoms. The maximum Gasteiger partial charge on any atom is 0.255 e. The van der Waals surface area contributed by atoms with Gasteiger partial charge in [0.15, 0.2) is 11.5 Å². The summed E-state index contributed by atoms with van der Waals surface area (Å²) in [5.41, 5.74) is 0.202. The fourth-order valence-corrected chi connectivity index (χ4v) is 2.63. The van der Waals surface area contributed by atoms with Crippen molar-refractivity contribution in [3.63, 3.8) is 0 Å². The lowest BCUT2D eigenvalue weighted by atomic mass is 9.95. The minimum Gasteiger partial charge on any atom is -0.505 e. The maximum absolute atomic E-state index is 12.3. The number of phenolic OH excluding ortho intramolecular Hbond substituents is 1. The first kappa shape index (κ1) is 16.0. The highest BCUT2D eigenvalue weighted by Crippen LogP contribution is 2.27. The average molecular weight is 304 g/mol. The molecule has 118 valence electrons. The second kappa shape index (κ2) is 7.59. The number of anilines is 1. The van der Waals surface area contributed by atoms with Gasteiger partial charge in [0.05, 0.1) is 17.3 Å². The number of carbonyl (C=O) groups excluding carboxylic acids is 3. The van der Waals surface area contributed by atoms with Crippen molar-refractivity contribution in [2.24, 2.45) is 0 Å². The van der Waals surface area contributed by atoms with Crippen molar-refractivity contribution in [1.29, 1.82) is 0 Å². The van der Waals surface area contributed by atoms with Crippen molar-refractivity contribution in [2.45, 2.75) is 44.6 Å². The Morgan fingerprint density at radius 2 is 2.00 bits per heavy atom. The molecule has 0 aliphatic heterocycles. The Kier molecular flexibility index (Phi) is 5.52. The lowest BCUT2D eigenvalue weighted by Gasteiger charge is -2.20. The van der Waals surface area contributed by atoms with E-state index < -0.39 is 11.9 Å². The van der Waals surface area contributed by atoms with Gasteiger partial charge in [0, 0.05) is 6.42 Å². The Morgan fingerprint density at radius 1 is 1.23 bits per heavy atom. The highest BCUT2D eigenvalue weighted by Gasteiger charge is 2.23. The molecule has 0 radical (unpaired) electrons. The molecular weight excluding hydrogens is 284 g/mol. The third-order valence-electron chi connectivity index (χ3n) is 3.86. The fraction of sp³-hybridized carbons (Fsp3) is 0.438. The quantitative estimate of drug-likeness (QED) is 0.585. The number of rotatable bonds is 4. The fourth-order valence-electron chi connectivity index (χ4n) is 2.63. The molecule has 1 fully saturated rings. The molecule has 0 heterocycles. The van der Waals surface area contributed by atoms with Crippen molar-refractivity contribution >= 4 is 23.8 Å². The molecule has 1 saturated carbocycles. The van der Waals surface area contributed by atoms with Gasteiger partial charge in [-0.3, -0.25) is 14.4 Å². The summed E-state index contributed by atoms with van der Waals surface area (Å²) in [6, 6.07) is 3.99. The van der Waals surface area contributed by atoms with E-state index in [1.54, 1.807) is 6.07 Å². The van der Waals surface area contributed by atoms with Gasteiger partial charge in [-0.15, -0.1) is 0 Å². The predicted molar refractivity (Wildman–Crippen MR) is 81.8 cm³/mol. The second-order valence-electron chi connectivity index (χ2n) is 5.41. The van der Waals surface area contributed by atoms with Gasteiger partial charge < -0.3 is 15.7 Å². The van der Waals surface area contributed by atoms with Crippen LogP contribution in [-0.4, -0.2) is 29.2 Å². The van der Waals surface area contributed by atoms with Crippen LogP contribution >= 0.6 is 0 Å². The Labute approximate surface area is 128 Å². The van der Waals surface area contributed by atoms with Crippen molar-refractivity contribution in [2.75, 3.05) is 5.32 Å². The van der Waals surface area contributed by atoms with E-state index in [1.165, 1.54) is 12.1 Å². The molecule has 1 unspecified atom stereocenters. The number of Topliss-reactive ketones (excluding diaryl/α,β-unsaturated/α-hetero) is 1. The summed E-state index contributed by atoms with van der Waals surface area (Å²) in [6.45, 7) is 0. The van der Waals surface area contributed by atoms with E-state index in [0.29, 0.717) is 19.3 Å². The van der Waals surface area contributed by atoms with Crippen LogP contribution in [0.5, 0.6) is 5.75 Å². The van der Waals surface area contributed by atoms with Crippen LogP contribution in [0, 0.1) is 0 Å². The summed E-state index contributed by atoms with van der Waals surface area (Å²) in [6.07, 6.45) is 5.39. The molecule has 1 aromatic carbocycles. The summed E-state index contributed by atoms with van der Waals surface area (Å²) in [5.74, 6) is -0.772. The average Bonchev–Trinajstić information content (AvgIpc) is 2.49. The zero-order chi connectivity index (χ0) is 15.9. The van der Waals surface area contributed by atoms with Crippen molar-refractivity contribution in [1.82, 2.24) is 5.32 Å². The predicted octanol–water partition coefficient (Wildman–Crippen LogP) is 1.98. The van der Waals surface area contributed by atoms with Crippen LogP contribution in [0.25, 0.3) is 0 Å². The van der Waals surface area contributed by atoms with Gasteiger partial charge in [-0.1, -0.05) is 25.3 Å². The number of phenols is 1. The lowest BCUT2D eigenvalue weighted by Crippen LogP contribution is -2.41. The summed E-state index contributed by atoms with van der Waals surface area (Å²) in [7, 11) is 0. The molecule has 3 N–H and O–H groups in total. The number of para-hydroxylation sites is 1. The molecule has 1 aromatic rings. The number of benzene rings is 1. The van der Waals surface area contributed by atoms with Gasteiger partial charge >= 0.3 is 0 Å². The Morgan fingerprint density at radius 3 is 2.77 bits per heavy atom. The number of ketones is 1. The summed E-state index contributed by atoms with van der Waals surface area (Å²) in [4.78, 5) is 34.8. The molecule has 0 spiro atoms. The van der Waals surface area contributed by atoms with Gasteiger partial charge in [0.2, 0.25) is 6.41 Å². The van der Waals surface area contributed by atoms with Crippen LogP contribution in [-0.2, 0) is 9.59 Å². The SMILES string of the molecule is O=CNc1cccc(C(=O)NC2CCCCCCC2=O)c1O. The molecule has 22 heavy (non-hydrogen) atoms. The number of nitrogens with one attached hydrogen (secondary N) is 2. The first-order chi connectivity index (χ1) is 10.6. The van der Waals surface area contributed by atoms with E-state index in [4.69, 9.17) is 0 Å². The first-order valence-corrected chi connectivity index (χ1v) is 7.49. The highest BCUT2D eigenvalue weighted by atomic mass is 16.3. The van der Waals surface area contributed by atoms with Gasteiger partial charge in [0.1, 0.15) is 0 Å². The van der Waals surface area contributed by atoms with Crippen LogP contribution in [0.2, 0.25) is 0 Å². The number of amides is 2. The Bertz CT molecular complexity index is 571. The minimum atomic E-state index is -0.508. The molecule has 0 aromatic heterocycles. The normalized spacial score (nSPS) is 18.9. The van der Waals surface area contributed by atoms with Crippen LogP contribution in [0.1, 0.15) is 48.9 Å². The van der Waals surface area contributed by atoms with Gasteiger partial charge in [-0.25, -0.2) is 0 Å². The van der Waals surface area contributed by atoms with Crippen molar-refractivity contribution in [3.05, 3.63) is 23.8 Å². The molecule has 0 saturated heterocycles. The van der Waals surface area contributed by atoms with Crippen LogP contribution in [0.15, 0.2) is 18.2 Å². The minimum absolute atomic E-state index is 0.0368. The molecule has 1 aliphatic rings. The van der Waals surface area contributed by atoms with Crippen LogP contribution in [0.4, 0.5) is 5.69 Å². The third-order valence-corrected chi connectivity index (χ3v) is 3.86. The van der Waals surface area contributed by atoms with Gasteiger partial charge in [-0.2, -0.15) is 0 Å². The second-order valence-corrected chi connectivity index (χ2v) is 5.41. The molecule has 6 heteroatoms. The van der Waals surface area contributed by atoms with Crippen LogP contribution < -0.4 is 10.6 Å². The molecular formula is C16H20N2O4. The van der Waals surface area contributed by atoms with Crippen molar-refractivity contribution in [3.8, 4) is 5.75 Å². The van der Waals surface area contributed by atoms with Crippen molar-refractivity contribution < 1.29 is 19.5 Å². The smallest absolute Gasteiger partial charge is 0.255 e. The topological polar surface area (TPSA) is 95.5 Å². The van der Waals surface area contributed by atoms with Gasteiger partial charge in [-0.05, 0) is 25.0 Å². The third kappa shape index (κ3) is 3.84. The number of hydrogen-bond acceptors (Lipinski definition) is 4. The maximum atomic E-state index is 12.3.